The van der Waals surface area contributed by atoms with Gasteiger partial charge in [-0.15, -0.1) is 0 Å². The molecule has 0 unspecified atom stereocenters. The lowest BCUT2D eigenvalue weighted by Crippen LogP contribution is -2.15. The number of hydrogen-bond acceptors (Lipinski definition) is 2. The lowest BCUT2D eigenvalue weighted by Gasteiger charge is -2.09. The van der Waals surface area contributed by atoms with Crippen LogP contribution in [0.15, 0.2) is 34.3 Å². The molecule has 1 aromatic rings. The van der Waals surface area contributed by atoms with E-state index in [4.69, 9.17) is 5.11 Å². The molecule has 1 amide bonds. The molecule has 0 radical (unpaired) electrons. The van der Waals surface area contributed by atoms with Crippen LogP contribution in [0.4, 0.5) is 5.69 Å². The van der Waals surface area contributed by atoms with Crippen molar-refractivity contribution in [2.75, 3.05) is 5.32 Å². The van der Waals surface area contributed by atoms with Crippen molar-refractivity contribution < 1.29 is 14.7 Å². The van der Waals surface area contributed by atoms with Gasteiger partial charge in [0.15, 0.2) is 0 Å². The number of rotatable bonds is 4. The average Bonchev–Trinajstić information content (AvgIpc) is 2.31. The molecule has 4 nitrogen and oxygen atoms in total. The Morgan fingerprint density at radius 1 is 1.44 bits per heavy atom. The summed E-state index contributed by atoms with van der Waals surface area (Å²) in [6.07, 6.45) is 2.54. The summed E-state index contributed by atoms with van der Waals surface area (Å²) in [5, 5.41) is 11.7. The highest BCUT2D eigenvalue weighted by Crippen LogP contribution is 2.21. The second-order valence-corrected chi connectivity index (χ2v) is 4.66. The second kappa shape index (κ2) is 6.35. The van der Waals surface area contributed by atoms with Crippen LogP contribution in [0, 0.1) is 0 Å². The molecule has 1 aromatic carbocycles. The number of amides is 1. The number of nitrogens with one attached hydrogen (secondary N) is 1. The highest BCUT2D eigenvalue weighted by molar-refractivity contribution is 9.10. The van der Waals surface area contributed by atoms with Gasteiger partial charge in [-0.3, -0.25) is 4.79 Å². The summed E-state index contributed by atoms with van der Waals surface area (Å²) in [6, 6.07) is 4.70. The number of hydrogen-bond donors (Lipinski definition) is 2. The molecular formula is C13H14BrNO3. The third-order valence-electron chi connectivity index (χ3n) is 2.33. The first-order valence-corrected chi connectivity index (χ1v) is 6.26. The highest BCUT2D eigenvalue weighted by Gasteiger charge is 2.13. The maximum absolute atomic E-state index is 11.8. The van der Waals surface area contributed by atoms with E-state index in [2.05, 4.69) is 21.2 Å². The number of carboxylic acids is 1. The van der Waals surface area contributed by atoms with Gasteiger partial charge in [0, 0.05) is 10.0 Å². The van der Waals surface area contributed by atoms with E-state index in [0.717, 1.165) is 6.42 Å². The molecule has 0 spiro atoms. The Morgan fingerprint density at radius 3 is 2.67 bits per heavy atom. The van der Waals surface area contributed by atoms with Crippen LogP contribution in [0.3, 0.4) is 0 Å². The summed E-state index contributed by atoms with van der Waals surface area (Å²) in [6.45, 7) is 3.62. The fourth-order valence-electron chi connectivity index (χ4n) is 1.42. The maximum atomic E-state index is 11.8. The third kappa shape index (κ3) is 3.70. The van der Waals surface area contributed by atoms with Gasteiger partial charge in [-0.1, -0.05) is 28.9 Å². The summed E-state index contributed by atoms with van der Waals surface area (Å²) < 4.78 is 0.652. The number of halogens is 1. The number of carbonyl (C=O) groups is 2. The van der Waals surface area contributed by atoms with E-state index in [0.29, 0.717) is 15.7 Å². The number of benzene rings is 1. The molecule has 0 aliphatic heterocycles. The first-order chi connectivity index (χ1) is 8.45. The lowest BCUT2D eigenvalue weighted by molar-refractivity contribution is -0.112. The molecule has 0 aliphatic rings. The number of carboxylic acid groups (broad SMARTS) is 1. The Balaban J connectivity index is 3.01. The zero-order valence-corrected chi connectivity index (χ0v) is 11.7. The number of anilines is 1. The minimum atomic E-state index is -1.08. The Hall–Kier alpha value is -1.62. The van der Waals surface area contributed by atoms with Gasteiger partial charge >= 0.3 is 5.97 Å². The molecule has 2 N–H and O–H groups in total. The van der Waals surface area contributed by atoms with E-state index >= 15 is 0 Å². The Bertz CT molecular complexity index is 509. The van der Waals surface area contributed by atoms with E-state index in [9.17, 15) is 9.59 Å². The van der Waals surface area contributed by atoms with Crippen molar-refractivity contribution in [2.45, 2.75) is 20.3 Å². The van der Waals surface area contributed by atoms with Crippen LogP contribution in [0.5, 0.6) is 0 Å². The Kier molecular flexibility index (Phi) is 5.09. The SMILES string of the molecule is CC/C=C(\C)C(=O)Nc1ccc(Br)cc1C(=O)O. The van der Waals surface area contributed by atoms with Crippen LogP contribution < -0.4 is 5.32 Å². The summed E-state index contributed by atoms with van der Waals surface area (Å²) in [4.78, 5) is 22.8. The summed E-state index contributed by atoms with van der Waals surface area (Å²) >= 11 is 3.20. The molecule has 0 atom stereocenters. The Morgan fingerprint density at radius 2 is 2.11 bits per heavy atom. The molecule has 0 aromatic heterocycles. The molecule has 0 saturated carbocycles. The smallest absolute Gasteiger partial charge is 0.337 e. The number of allylic oxidation sites excluding steroid dienone is 1. The third-order valence-corrected chi connectivity index (χ3v) is 2.82. The van der Waals surface area contributed by atoms with Crippen molar-refractivity contribution in [1.29, 1.82) is 0 Å². The van der Waals surface area contributed by atoms with Gasteiger partial charge in [0.2, 0.25) is 0 Å². The summed E-state index contributed by atoms with van der Waals surface area (Å²) in [5.74, 6) is -1.37. The van der Waals surface area contributed by atoms with Gasteiger partial charge in [-0.2, -0.15) is 0 Å². The van der Waals surface area contributed by atoms with Gasteiger partial charge < -0.3 is 10.4 Å². The van der Waals surface area contributed by atoms with Crippen molar-refractivity contribution in [3.8, 4) is 0 Å². The van der Waals surface area contributed by atoms with Crippen LogP contribution in [-0.4, -0.2) is 17.0 Å². The first-order valence-electron chi connectivity index (χ1n) is 5.46. The monoisotopic (exact) mass is 311 g/mol. The van der Waals surface area contributed by atoms with Gasteiger partial charge in [0.05, 0.1) is 11.3 Å². The molecule has 0 heterocycles. The van der Waals surface area contributed by atoms with Gasteiger partial charge in [-0.05, 0) is 31.5 Å². The lowest BCUT2D eigenvalue weighted by atomic mass is 10.1. The van der Waals surface area contributed by atoms with Crippen molar-refractivity contribution in [3.63, 3.8) is 0 Å². The van der Waals surface area contributed by atoms with Crippen LogP contribution in [0.1, 0.15) is 30.6 Å². The molecule has 0 aliphatic carbocycles. The minimum Gasteiger partial charge on any atom is -0.478 e. The van der Waals surface area contributed by atoms with E-state index in [1.165, 1.54) is 6.07 Å². The number of aromatic carboxylic acids is 1. The molecule has 0 bridgehead atoms. The molecule has 0 fully saturated rings. The average molecular weight is 312 g/mol. The molecule has 5 heteroatoms. The summed E-state index contributed by atoms with van der Waals surface area (Å²) in [7, 11) is 0. The largest absolute Gasteiger partial charge is 0.478 e. The van der Waals surface area contributed by atoms with Crippen LogP contribution in [0.25, 0.3) is 0 Å². The zero-order chi connectivity index (χ0) is 13.7. The van der Waals surface area contributed by atoms with Crippen LogP contribution >= 0.6 is 15.9 Å². The zero-order valence-electron chi connectivity index (χ0n) is 10.2. The van der Waals surface area contributed by atoms with Crippen LogP contribution in [-0.2, 0) is 4.79 Å². The van der Waals surface area contributed by atoms with E-state index in [1.54, 1.807) is 25.1 Å². The van der Waals surface area contributed by atoms with E-state index < -0.39 is 5.97 Å². The van der Waals surface area contributed by atoms with Crippen molar-refractivity contribution in [2.24, 2.45) is 0 Å². The standard InChI is InChI=1S/C13H14BrNO3/c1-3-4-8(2)12(16)15-11-6-5-9(14)7-10(11)13(17)18/h4-7H,3H2,1-2H3,(H,15,16)(H,17,18)/b8-4+. The molecule has 96 valence electrons. The normalized spacial score (nSPS) is 11.2. The van der Waals surface area contributed by atoms with Crippen molar-refractivity contribution in [3.05, 3.63) is 39.9 Å². The second-order valence-electron chi connectivity index (χ2n) is 3.74. The van der Waals surface area contributed by atoms with Crippen LogP contribution in [0.2, 0.25) is 0 Å². The predicted octanol–water partition coefficient (Wildman–Crippen LogP) is 3.44. The van der Waals surface area contributed by atoms with E-state index in [-0.39, 0.29) is 11.5 Å². The molecular weight excluding hydrogens is 298 g/mol. The number of carbonyl (C=O) groups excluding carboxylic acids is 1. The molecule has 1 rings (SSSR count). The van der Waals surface area contributed by atoms with Gasteiger partial charge in [-0.25, -0.2) is 4.79 Å². The minimum absolute atomic E-state index is 0.0574. The maximum Gasteiger partial charge on any atom is 0.337 e. The van der Waals surface area contributed by atoms with Gasteiger partial charge in [0.25, 0.3) is 5.91 Å². The Labute approximate surface area is 114 Å². The topological polar surface area (TPSA) is 66.4 Å². The van der Waals surface area contributed by atoms with Crippen molar-refractivity contribution in [1.82, 2.24) is 0 Å². The quantitative estimate of drug-likeness (QED) is 0.837. The molecule has 18 heavy (non-hydrogen) atoms. The van der Waals surface area contributed by atoms with Gasteiger partial charge in [0.1, 0.15) is 0 Å². The predicted molar refractivity (Wildman–Crippen MR) is 73.8 cm³/mol. The fourth-order valence-corrected chi connectivity index (χ4v) is 1.78. The van der Waals surface area contributed by atoms with Crippen molar-refractivity contribution >= 4 is 33.5 Å². The molecule has 0 saturated heterocycles. The first kappa shape index (κ1) is 14.4. The highest BCUT2D eigenvalue weighted by atomic mass is 79.9. The summed E-state index contributed by atoms with van der Waals surface area (Å²) in [5.41, 5.74) is 0.915. The van der Waals surface area contributed by atoms with E-state index in [1.807, 2.05) is 6.92 Å². The fraction of sp³-hybridized carbons (Fsp3) is 0.231.